The highest BCUT2D eigenvalue weighted by Gasteiger charge is 2.22. The standard InChI is InChI=1S/C86H145N10O24/c1-78(97)72-92-33-34-93(73-79(2)98)36-39-95(77-86(104)105)40-38-94(37-35-92)76-85(103)20-15-44-108-50-56-114-62-66-118-68-70-120-71-69-119-67-65-117-59-53-111-47-41-96-75-80(87-88-96)74-91(31-21-81(99)18-13-42-106-48-54-112-60-63-115-57-51-109-45-23-83(101)16-5-11-29-89-25-7-3-8-26-89)32-22-82(100)19-14-43-107-49-55-113-61-64-116-58-52-110-46-24-84(102)17-6-12-30-90-27-9-4-10-28-90/h3-4,7-10,25-28,75H,5-6,11-24,29-74,76-77H2,1-2H3/q+1/p+1. The van der Waals surface area contributed by atoms with Gasteiger partial charge in [-0.05, 0) is 46.0 Å². The maximum Gasteiger partial charge on any atom is 0.317 e. The van der Waals surface area contributed by atoms with Crippen molar-refractivity contribution in [3.05, 3.63) is 73.1 Å². The van der Waals surface area contributed by atoms with Gasteiger partial charge < -0.3 is 76.2 Å². The second-order valence-corrected chi connectivity index (χ2v) is 29.5. The zero-order chi connectivity index (χ0) is 85.9. The minimum absolute atomic E-state index is 0.0249. The van der Waals surface area contributed by atoms with Gasteiger partial charge in [0, 0.05) is 193 Å². The molecule has 34 heteroatoms. The minimum atomic E-state index is -0.933. The smallest absolute Gasteiger partial charge is 0.317 e. The first-order chi connectivity index (χ1) is 58.7. The van der Waals surface area contributed by atoms with Crippen LogP contribution in [0.15, 0.2) is 67.4 Å². The van der Waals surface area contributed by atoms with E-state index in [0.29, 0.717) is 359 Å². The van der Waals surface area contributed by atoms with Crippen LogP contribution in [0.25, 0.3) is 0 Å². The topological polar surface area (TPSA) is 350 Å². The highest BCUT2D eigenvalue weighted by Crippen LogP contribution is 2.11. The number of pyridine rings is 2. The van der Waals surface area contributed by atoms with Crippen LogP contribution in [0.2, 0.25) is 0 Å². The number of nitrogens with zero attached hydrogens (tertiary/aromatic N) is 10. The van der Waals surface area contributed by atoms with Crippen molar-refractivity contribution in [3.63, 3.8) is 0 Å². The number of carboxylic acids is 1. The summed E-state index contributed by atoms with van der Waals surface area (Å²) in [5, 5.41) is 18.3. The third-order valence-electron chi connectivity index (χ3n) is 19.0. The first kappa shape index (κ1) is 106. The van der Waals surface area contributed by atoms with Crippen molar-refractivity contribution in [1.82, 2.24) is 39.5 Å². The quantitative estimate of drug-likeness (QED) is 0.0619. The van der Waals surface area contributed by atoms with Crippen LogP contribution in [0.3, 0.4) is 0 Å². The lowest BCUT2D eigenvalue weighted by Gasteiger charge is -2.33. The molecule has 0 amide bonds. The summed E-state index contributed by atoms with van der Waals surface area (Å²) in [6, 6.07) is 12.0. The Hall–Kier alpha value is -6.20. The van der Waals surface area contributed by atoms with Crippen molar-refractivity contribution in [2.24, 2.45) is 0 Å². The number of aromatic nitrogens is 5. The molecule has 0 aromatic carbocycles. The number of carboxylic acid groups (broad SMARTS) is 1. The number of rotatable bonds is 83. The van der Waals surface area contributed by atoms with Gasteiger partial charge in [0.15, 0.2) is 24.8 Å². The van der Waals surface area contributed by atoms with Gasteiger partial charge in [0.25, 0.3) is 0 Å². The molecule has 1 fully saturated rings. The van der Waals surface area contributed by atoms with Gasteiger partial charge >= 0.3 is 5.97 Å². The Morgan fingerprint density at radius 3 is 0.942 bits per heavy atom. The number of Topliss-reactive ketones (excluding diaryl/α,β-unsaturated/α-hetero) is 7. The van der Waals surface area contributed by atoms with Gasteiger partial charge in [0.05, 0.1) is 217 Å². The van der Waals surface area contributed by atoms with Gasteiger partial charge in [0.1, 0.15) is 53.6 Å². The third kappa shape index (κ3) is 64.6. The van der Waals surface area contributed by atoms with E-state index < -0.39 is 5.97 Å². The molecule has 682 valence electrons. The van der Waals surface area contributed by atoms with E-state index in [9.17, 15) is 43.5 Å². The molecule has 3 aromatic rings. The number of unbranched alkanes of at least 4 members (excludes halogenated alkanes) is 2. The van der Waals surface area contributed by atoms with Gasteiger partial charge in [-0.3, -0.25) is 62.9 Å². The van der Waals surface area contributed by atoms with Crippen molar-refractivity contribution in [1.29, 1.82) is 0 Å². The Bertz CT molecular complexity index is 2920. The monoisotopic (exact) mass is 1700 g/mol. The Morgan fingerprint density at radius 2 is 0.608 bits per heavy atom. The Labute approximate surface area is 712 Å². The molecule has 4 heterocycles. The normalized spacial score (nSPS) is 13.6. The first-order valence-corrected chi connectivity index (χ1v) is 43.5. The molecule has 3 aromatic heterocycles. The van der Waals surface area contributed by atoms with E-state index in [-0.39, 0.29) is 66.7 Å². The molecule has 1 aliphatic heterocycles. The van der Waals surface area contributed by atoms with Crippen LogP contribution in [0.1, 0.15) is 122 Å². The van der Waals surface area contributed by atoms with Crippen LogP contribution in [-0.4, -0.2) is 381 Å². The average molecular weight is 1700 g/mol. The summed E-state index contributed by atoms with van der Waals surface area (Å²) < 4.78 is 90.6. The van der Waals surface area contributed by atoms with Gasteiger partial charge in [-0.25, -0.2) is 13.8 Å². The average Bonchev–Trinajstić information content (AvgIpc) is 1.68. The minimum Gasteiger partial charge on any atom is -0.480 e. The van der Waals surface area contributed by atoms with E-state index in [1.807, 2.05) is 82.1 Å². The summed E-state index contributed by atoms with van der Waals surface area (Å²) in [6.45, 7) is 23.7. The molecule has 0 aliphatic carbocycles. The molecule has 0 unspecified atom stereocenters. The molecule has 0 bridgehead atoms. The van der Waals surface area contributed by atoms with Crippen LogP contribution in [0.4, 0.5) is 0 Å². The number of hydrogen-bond donors (Lipinski definition) is 1. The third-order valence-corrected chi connectivity index (χ3v) is 19.0. The highest BCUT2D eigenvalue weighted by atomic mass is 16.6. The van der Waals surface area contributed by atoms with E-state index in [1.165, 1.54) is 6.92 Å². The summed E-state index contributed by atoms with van der Waals surface area (Å²) >= 11 is 0. The number of ether oxygens (including phenoxy) is 15. The summed E-state index contributed by atoms with van der Waals surface area (Å²) in [6.07, 6.45) is 19.0. The number of ketones is 7. The van der Waals surface area contributed by atoms with E-state index >= 15 is 0 Å². The second-order valence-electron chi connectivity index (χ2n) is 29.5. The Morgan fingerprint density at radius 1 is 0.325 bits per heavy atom. The maximum atomic E-state index is 13.1. The SMILES string of the molecule is CC(=O)CN1CCN(CC(C)=O)CCN(CC(=O)CCCOCCOCCOCCOCCOCCOCCOCCn2cc(CN(CCC(=O)CCCOCCOCCOCCOCCC(=O)CCCC[n+]3ccccc3)CCC(=O)CCCOCCOCCOCCOCCC(=O)CCCC[n+]3ccccc3)nn2)CCN(CC(=O)O)CC1. The summed E-state index contributed by atoms with van der Waals surface area (Å²) in [4.78, 5) is 109. The second kappa shape index (κ2) is 75.3. The van der Waals surface area contributed by atoms with Crippen molar-refractivity contribution in [2.45, 2.75) is 143 Å². The Balaban J connectivity index is 0.980. The molecule has 1 aliphatic rings. The van der Waals surface area contributed by atoms with Crippen molar-refractivity contribution >= 4 is 46.5 Å². The lowest BCUT2D eigenvalue weighted by molar-refractivity contribution is -0.697. The molecule has 0 radical (unpaired) electrons. The van der Waals surface area contributed by atoms with E-state index in [0.717, 1.165) is 38.8 Å². The first-order valence-electron chi connectivity index (χ1n) is 43.5. The van der Waals surface area contributed by atoms with Gasteiger partial charge in [-0.2, -0.15) is 0 Å². The van der Waals surface area contributed by atoms with E-state index in [2.05, 4.69) is 29.2 Å². The molecule has 0 spiro atoms. The fourth-order valence-electron chi connectivity index (χ4n) is 12.4. The largest absolute Gasteiger partial charge is 0.480 e. The van der Waals surface area contributed by atoms with Crippen LogP contribution >= 0.6 is 0 Å². The van der Waals surface area contributed by atoms with Crippen LogP contribution in [0.5, 0.6) is 0 Å². The predicted octanol–water partition coefficient (Wildman–Crippen LogP) is 3.88. The van der Waals surface area contributed by atoms with Crippen LogP contribution in [0, 0.1) is 0 Å². The maximum absolute atomic E-state index is 13.1. The number of aryl methyl sites for hydroxylation is 2. The van der Waals surface area contributed by atoms with Crippen LogP contribution < -0.4 is 9.13 Å². The molecule has 0 atom stereocenters. The number of hydrogen-bond acceptors (Lipinski definition) is 30. The van der Waals surface area contributed by atoms with E-state index in [1.54, 1.807) is 11.6 Å². The summed E-state index contributed by atoms with van der Waals surface area (Å²) in [7, 11) is 0. The van der Waals surface area contributed by atoms with Crippen LogP contribution in [-0.2, 0) is 136 Å². The fraction of sp³-hybridized carbons (Fsp3) is 0.767. The van der Waals surface area contributed by atoms with Crippen molar-refractivity contribution in [3.8, 4) is 0 Å². The molecular weight excluding hydrogens is 1560 g/mol. The number of carbonyl (C=O) groups is 8. The van der Waals surface area contributed by atoms with Crippen molar-refractivity contribution < 1.29 is 124 Å². The fourth-order valence-corrected chi connectivity index (χ4v) is 12.4. The van der Waals surface area contributed by atoms with Gasteiger partial charge in [-0.1, -0.05) is 17.3 Å². The van der Waals surface area contributed by atoms with Gasteiger partial charge in [-0.15, -0.1) is 5.10 Å². The highest BCUT2D eigenvalue weighted by molar-refractivity contribution is 5.81. The molecule has 0 saturated carbocycles. The number of carbonyl (C=O) groups excluding carboxylic acids is 7. The van der Waals surface area contributed by atoms with Crippen molar-refractivity contribution in [2.75, 3.05) is 290 Å². The van der Waals surface area contributed by atoms with E-state index in [4.69, 9.17) is 71.1 Å². The molecule has 1 N–H and O–H groups in total. The molecule has 34 nitrogen and oxygen atoms in total. The predicted molar refractivity (Wildman–Crippen MR) is 445 cm³/mol. The zero-order valence-corrected chi connectivity index (χ0v) is 72.4. The molecular formula is C86H146N10O24+2. The lowest BCUT2D eigenvalue weighted by Crippen LogP contribution is -2.48. The summed E-state index contributed by atoms with van der Waals surface area (Å²) in [5.41, 5.74) is 0.711. The molecule has 120 heavy (non-hydrogen) atoms. The molecule has 1 saturated heterocycles. The number of aliphatic carboxylic acids is 1. The molecule has 4 rings (SSSR count). The zero-order valence-electron chi connectivity index (χ0n) is 72.4. The Kier molecular flexibility index (Phi) is 66.6. The summed E-state index contributed by atoms with van der Waals surface area (Å²) in [5.74, 6) is -0.164. The lowest BCUT2D eigenvalue weighted by atomic mass is 10.1. The van der Waals surface area contributed by atoms with Gasteiger partial charge in [0.2, 0.25) is 0 Å².